The molecule has 4 rings (SSSR count). The summed E-state index contributed by atoms with van der Waals surface area (Å²) in [6.45, 7) is 2.57. The Bertz CT molecular complexity index is 1160. The Morgan fingerprint density at radius 3 is 2.50 bits per heavy atom. The average Bonchev–Trinajstić information content (AvgIpc) is 2.69. The molecule has 0 bridgehead atoms. The summed E-state index contributed by atoms with van der Waals surface area (Å²) in [5, 5.41) is 9.12. The highest BCUT2D eigenvalue weighted by molar-refractivity contribution is 6.02. The fourth-order valence-electron chi connectivity index (χ4n) is 3.59. The van der Waals surface area contributed by atoms with Gasteiger partial charge in [-0.2, -0.15) is 0 Å². The molecule has 7 nitrogen and oxygen atoms in total. The second kappa shape index (κ2) is 8.37. The molecule has 158 valence electrons. The number of aromatic carboxylic acids is 1. The molecule has 3 aromatic rings. The van der Waals surface area contributed by atoms with Crippen LogP contribution in [0, 0.1) is 11.6 Å². The van der Waals surface area contributed by atoms with Crippen molar-refractivity contribution < 1.29 is 18.7 Å². The van der Waals surface area contributed by atoms with Gasteiger partial charge >= 0.3 is 5.97 Å². The summed E-state index contributed by atoms with van der Waals surface area (Å²) in [6, 6.07) is 3.67. The van der Waals surface area contributed by atoms with Crippen LogP contribution in [-0.2, 0) is 0 Å². The molecule has 0 radical (unpaired) electrons. The van der Waals surface area contributed by atoms with E-state index in [-0.39, 0.29) is 34.7 Å². The molecule has 10 heteroatoms. The van der Waals surface area contributed by atoms with Gasteiger partial charge in [0, 0.05) is 32.4 Å². The van der Waals surface area contributed by atoms with Gasteiger partial charge in [0.05, 0.1) is 34.0 Å². The number of carboxylic acid groups (broad SMARTS) is 1. The molecule has 1 fully saturated rings. The Morgan fingerprint density at radius 1 is 1.20 bits per heavy atom. The number of hydrogen-bond acceptors (Lipinski definition) is 5. The number of likely N-dealkylation sites (N-methyl/N-ethyl adjacent to an activating group) is 1. The number of nitrogens with zero attached hydrogens (tertiary/aromatic N) is 3. The van der Waals surface area contributed by atoms with E-state index in [0.717, 1.165) is 31.5 Å². The van der Waals surface area contributed by atoms with E-state index in [1.807, 2.05) is 11.9 Å². The highest BCUT2D eigenvalue weighted by Crippen LogP contribution is 2.38. The number of aromatic nitrogens is 2. The number of benzene rings is 1. The van der Waals surface area contributed by atoms with Crippen LogP contribution in [0.25, 0.3) is 22.2 Å². The molecular weight excluding hydrogens is 418 g/mol. The van der Waals surface area contributed by atoms with Crippen LogP contribution >= 0.6 is 12.4 Å². The molecular formula is C20H19ClF2N4O3. The van der Waals surface area contributed by atoms with E-state index < -0.39 is 28.6 Å². The molecule has 0 saturated carbocycles. The molecule has 0 unspecified atom stereocenters. The number of carboxylic acids is 1. The Morgan fingerprint density at radius 2 is 1.90 bits per heavy atom. The number of anilines is 1. The molecule has 3 heterocycles. The minimum Gasteiger partial charge on any atom is -0.477 e. The van der Waals surface area contributed by atoms with Crippen molar-refractivity contribution >= 4 is 35.0 Å². The van der Waals surface area contributed by atoms with E-state index in [9.17, 15) is 19.1 Å². The number of aromatic amines is 1. The van der Waals surface area contributed by atoms with E-state index in [4.69, 9.17) is 0 Å². The molecule has 0 aliphatic carbocycles. The first-order chi connectivity index (χ1) is 13.9. The Labute approximate surface area is 176 Å². The molecule has 2 aromatic heterocycles. The van der Waals surface area contributed by atoms with Crippen molar-refractivity contribution in [3.05, 3.63) is 58.0 Å². The first kappa shape index (κ1) is 21.7. The standard InChI is InChI=1S/C20H18F2N4O3.ClH/c1-25-4-6-26(7-5-25)18-14(22)8-12-17(24-10-13(19(12)27)20(28)29)16(18)15-3-2-11(21)9-23-15;/h2-3,8-10H,4-7H2,1H3,(H,24,27)(H,28,29);1H. The predicted octanol–water partition coefficient (Wildman–Crippen LogP) is 2.74. The molecule has 1 aliphatic rings. The second-order valence-electron chi connectivity index (χ2n) is 6.99. The van der Waals surface area contributed by atoms with Crippen LogP contribution in [0.4, 0.5) is 14.5 Å². The topological polar surface area (TPSA) is 89.5 Å². The van der Waals surface area contributed by atoms with E-state index in [0.29, 0.717) is 18.7 Å². The van der Waals surface area contributed by atoms with Gasteiger partial charge in [0.25, 0.3) is 0 Å². The maximum Gasteiger partial charge on any atom is 0.341 e. The number of pyridine rings is 2. The molecule has 0 atom stereocenters. The third kappa shape index (κ3) is 3.73. The summed E-state index contributed by atoms with van der Waals surface area (Å²) in [5.74, 6) is -2.60. The number of halogens is 3. The average molecular weight is 437 g/mol. The summed E-state index contributed by atoms with van der Waals surface area (Å²) in [7, 11) is 1.97. The lowest BCUT2D eigenvalue weighted by atomic mass is 10.00. The van der Waals surface area contributed by atoms with Crippen molar-refractivity contribution in [2.45, 2.75) is 0 Å². The normalized spacial score (nSPS) is 14.6. The van der Waals surface area contributed by atoms with E-state index in [1.165, 1.54) is 12.1 Å². The molecule has 1 aliphatic heterocycles. The minimum atomic E-state index is -1.40. The van der Waals surface area contributed by atoms with Gasteiger partial charge in [-0.1, -0.05) is 0 Å². The molecule has 30 heavy (non-hydrogen) atoms. The number of carbonyl (C=O) groups is 1. The number of nitrogens with one attached hydrogen (secondary N) is 1. The van der Waals surface area contributed by atoms with Crippen molar-refractivity contribution in [1.82, 2.24) is 14.9 Å². The Hall–Kier alpha value is -3.04. The zero-order chi connectivity index (χ0) is 20.7. The summed E-state index contributed by atoms with van der Waals surface area (Å²) in [4.78, 5) is 34.8. The second-order valence-corrected chi connectivity index (χ2v) is 6.99. The quantitative estimate of drug-likeness (QED) is 0.656. The lowest BCUT2D eigenvalue weighted by Gasteiger charge is -2.35. The van der Waals surface area contributed by atoms with E-state index in [2.05, 4.69) is 14.9 Å². The maximum absolute atomic E-state index is 15.3. The largest absolute Gasteiger partial charge is 0.477 e. The van der Waals surface area contributed by atoms with Crippen LogP contribution in [0.15, 0.2) is 35.4 Å². The van der Waals surface area contributed by atoms with Crippen molar-refractivity contribution in [2.24, 2.45) is 0 Å². The van der Waals surface area contributed by atoms with Gasteiger partial charge in [-0.05, 0) is 25.2 Å². The van der Waals surface area contributed by atoms with Gasteiger partial charge in [-0.25, -0.2) is 13.6 Å². The highest BCUT2D eigenvalue weighted by atomic mass is 35.5. The van der Waals surface area contributed by atoms with Gasteiger partial charge in [0.2, 0.25) is 5.43 Å². The number of H-pyrrole nitrogens is 1. The third-order valence-corrected chi connectivity index (χ3v) is 5.14. The van der Waals surface area contributed by atoms with Crippen molar-refractivity contribution in [3.8, 4) is 11.3 Å². The van der Waals surface area contributed by atoms with Crippen molar-refractivity contribution in [2.75, 3.05) is 38.1 Å². The monoisotopic (exact) mass is 436 g/mol. The zero-order valence-electron chi connectivity index (χ0n) is 16.0. The smallest absolute Gasteiger partial charge is 0.341 e. The molecule has 1 aromatic carbocycles. The zero-order valence-corrected chi connectivity index (χ0v) is 16.8. The Kier molecular flexibility index (Phi) is 6.04. The number of hydrogen-bond donors (Lipinski definition) is 2. The summed E-state index contributed by atoms with van der Waals surface area (Å²) in [6.07, 6.45) is 2.11. The molecule has 1 saturated heterocycles. The maximum atomic E-state index is 15.3. The Balaban J connectivity index is 0.00000256. The number of rotatable bonds is 3. The van der Waals surface area contributed by atoms with Crippen LogP contribution in [0.2, 0.25) is 0 Å². The summed E-state index contributed by atoms with van der Waals surface area (Å²) < 4.78 is 28.7. The summed E-state index contributed by atoms with van der Waals surface area (Å²) >= 11 is 0. The van der Waals surface area contributed by atoms with Crippen molar-refractivity contribution in [3.63, 3.8) is 0 Å². The van der Waals surface area contributed by atoms with E-state index >= 15 is 4.39 Å². The van der Waals surface area contributed by atoms with Crippen LogP contribution in [0.5, 0.6) is 0 Å². The predicted molar refractivity (Wildman–Crippen MR) is 112 cm³/mol. The van der Waals surface area contributed by atoms with Gasteiger partial charge in [0.1, 0.15) is 17.2 Å². The van der Waals surface area contributed by atoms with Crippen molar-refractivity contribution in [1.29, 1.82) is 0 Å². The molecule has 2 N–H and O–H groups in total. The van der Waals surface area contributed by atoms with Crippen LogP contribution in [0.3, 0.4) is 0 Å². The molecule has 0 spiro atoms. The molecule has 0 amide bonds. The van der Waals surface area contributed by atoms with Gasteiger partial charge in [-0.15, -0.1) is 12.4 Å². The first-order valence-corrected chi connectivity index (χ1v) is 9.03. The highest BCUT2D eigenvalue weighted by Gasteiger charge is 2.26. The van der Waals surface area contributed by atoms with E-state index in [1.54, 1.807) is 0 Å². The van der Waals surface area contributed by atoms with Crippen LogP contribution < -0.4 is 10.3 Å². The number of fused-ring (bicyclic) bond motifs is 1. The van der Waals surface area contributed by atoms with Crippen LogP contribution in [0.1, 0.15) is 10.4 Å². The fourth-order valence-corrected chi connectivity index (χ4v) is 3.59. The SMILES string of the molecule is CN1CCN(c2c(F)cc3c(=O)c(C(=O)O)c[nH]c3c2-c2ccc(F)cn2)CC1.Cl. The lowest BCUT2D eigenvalue weighted by molar-refractivity contribution is 0.0695. The van der Waals surface area contributed by atoms with Gasteiger partial charge < -0.3 is 19.9 Å². The van der Waals surface area contributed by atoms with Gasteiger partial charge in [-0.3, -0.25) is 9.78 Å². The first-order valence-electron chi connectivity index (χ1n) is 9.03. The van der Waals surface area contributed by atoms with Crippen LogP contribution in [-0.4, -0.2) is 59.2 Å². The minimum absolute atomic E-state index is 0. The number of piperazine rings is 1. The summed E-state index contributed by atoms with van der Waals surface area (Å²) in [5.41, 5.74) is -0.180. The lowest BCUT2D eigenvalue weighted by Crippen LogP contribution is -2.45. The fraction of sp³-hybridized carbons (Fsp3) is 0.250. The third-order valence-electron chi connectivity index (χ3n) is 5.14. The van der Waals surface area contributed by atoms with Gasteiger partial charge in [0.15, 0.2) is 0 Å².